The van der Waals surface area contributed by atoms with Crippen LogP contribution in [0.4, 0.5) is 4.39 Å². The molecule has 0 atom stereocenters. The van der Waals surface area contributed by atoms with Gasteiger partial charge in [-0.3, -0.25) is 4.79 Å². The first-order valence-corrected chi connectivity index (χ1v) is 6.45. The highest BCUT2D eigenvalue weighted by Gasteiger charge is 2.20. The number of pyridine rings is 1. The Labute approximate surface area is 117 Å². The maximum Gasteiger partial charge on any atom is 0.254 e. The summed E-state index contributed by atoms with van der Waals surface area (Å²) in [7, 11) is 0. The third kappa shape index (κ3) is 3.23. The fourth-order valence-electron chi connectivity index (χ4n) is 1.93. The number of furan rings is 1. The van der Waals surface area contributed by atoms with E-state index in [4.69, 9.17) is 4.42 Å². The van der Waals surface area contributed by atoms with Gasteiger partial charge in [-0.05, 0) is 39.0 Å². The average Bonchev–Trinajstić information content (AvgIpc) is 2.80. The predicted octanol–water partition coefficient (Wildman–Crippen LogP) is 3.17. The van der Waals surface area contributed by atoms with Crippen LogP contribution in [0.1, 0.15) is 35.7 Å². The van der Waals surface area contributed by atoms with Crippen molar-refractivity contribution in [3.63, 3.8) is 0 Å². The van der Waals surface area contributed by atoms with Gasteiger partial charge in [-0.2, -0.15) is 4.39 Å². The molecule has 0 unspecified atom stereocenters. The first-order chi connectivity index (χ1) is 9.47. The van der Waals surface area contributed by atoms with E-state index < -0.39 is 5.95 Å². The second kappa shape index (κ2) is 5.86. The zero-order valence-electron chi connectivity index (χ0n) is 11.8. The minimum atomic E-state index is -0.659. The molecule has 106 valence electrons. The minimum Gasteiger partial charge on any atom is -0.464 e. The molecule has 0 aliphatic carbocycles. The lowest BCUT2D eigenvalue weighted by Gasteiger charge is -2.25. The van der Waals surface area contributed by atoms with Crippen molar-refractivity contribution < 1.29 is 13.6 Å². The summed E-state index contributed by atoms with van der Waals surface area (Å²) in [6.45, 7) is 6.02. The third-order valence-corrected chi connectivity index (χ3v) is 2.98. The second-order valence-electron chi connectivity index (χ2n) is 4.91. The van der Waals surface area contributed by atoms with E-state index in [1.165, 1.54) is 12.3 Å². The van der Waals surface area contributed by atoms with Crippen LogP contribution in [0.3, 0.4) is 0 Å². The number of carbonyl (C=O) groups excluding carboxylic acids is 1. The maximum absolute atomic E-state index is 13.1. The van der Waals surface area contributed by atoms with Gasteiger partial charge in [-0.1, -0.05) is 0 Å². The van der Waals surface area contributed by atoms with Gasteiger partial charge < -0.3 is 9.32 Å². The molecule has 0 aromatic carbocycles. The van der Waals surface area contributed by atoms with Crippen molar-refractivity contribution in [2.75, 3.05) is 0 Å². The topological polar surface area (TPSA) is 46.3 Å². The number of hydrogen-bond acceptors (Lipinski definition) is 3. The van der Waals surface area contributed by atoms with E-state index in [0.29, 0.717) is 12.3 Å². The summed E-state index contributed by atoms with van der Waals surface area (Å²) < 4.78 is 18.6. The number of hydrogen-bond donors (Lipinski definition) is 0. The van der Waals surface area contributed by atoms with Crippen molar-refractivity contribution in [1.29, 1.82) is 0 Å². The molecule has 0 saturated carbocycles. The summed E-state index contributed by atoms with van der Waals surface area (Å²) >= 11 is 0. The van der Waals surface area contributed by atoms with Crippen molar-refractivity contribution >= 4 is 5.91 Å². The normalized spacial score (nSPS) is 10.8. The lowest BCUT2D eigenvalue weighted by molar-refractivity contribution is 0.0674. The molecule has 0 spiro atoms. The van der Waals surface area contributed by atoms with Crippen LogP contribution in [0.5, 0.6) is 0 Å². The number of carbonyl (C=O) groups is 1. The Balaban J connectivity index is 2.22. The van der Waals surface area contributed by atoms with E-state index in [1.54, 1.807) is 4.90 Å². The Morgan fingerprint density at radius 1 is 1.40 bits per heavy atom. The fraction of sp³-hybridized carbons (Fsp3) is 0.333. The zero-order chi connectivity index (χ0) is 14.7. The van der Waals surface area contributed by atoms with Gasteiger partial charge in [-0.15, -0.1) is 0 Å². The molecule has 0 aliphatic rings. The van der Waals surface area contributed by atoms with Gasteiger partial charge in [0.2, 0.25) is 5.95 Å². The van der Waals surface area contributed by atoms with E-state index in [-0.39, 0.29) is 17.5 Å². The van der Waals surface area contributed by atoms with E-state index in [1.807, 2.05) is 32.9 Å². The molecule has 2 rings (SSSR count). The van der Waals surface area contributed by atoms with Crippen LogP contribution in [0.2, 0.25) is 0 Å². The van der Waals surface area contributed by atoms with Crippen LogP contribution >= 0.6 is 0 Å². The standard InChI is InChI=1S/C15H17FN2O2/c1-10(2)18(9-13-5-4-11(3)20-13)15(19)12-6-7-17-14(16)8-12/h4-8,10H,9H2,1-3H3. The Hall–Kier alpha value is -2.17. The van der Waals surface area contributed by atoms with Gasteiger partial charge in [0.15, 0.2) is 0 Å². The molecule has 20 heavy (non-hydrogen) atoms. The number of amides is 1. The highest BCUT2D eigenvalue weighted by molar-refractivity contribution is 5.94. The zero-order valence-corrected chi connectivity index (χ0v) is 11.8. The molecule has 2 aromatic rings. The lowest BCUT2D eigenvalue weighted by Crippen LogP contribution is -2.36. The van der Waals surface area contributed by atoms with Crippen LogP contribution in [-0.4, -0.2) is 21.8 Å². The van der Waals surface area contributed by atoms with Crippen LogP contribution in [0.15, 0.2) is 34.9 Å². The van der Waals surface area contributed by atoms with Crippen LogP contribution < -0.4 is 0 Å². The van der Waals surface area contributed by atoms with Gasteiger partial charge in [0.05, 0.1) is 6.54 Å². The van der Waals surface area contributed by atoms with E-state index in [0.717, 1.165) is 11.8 Å². The molecule has 2 aromatic heterocycles. The van der Waals surface area contributed by atoms with Gasteiger partial charge in [0.1, 0.15) is 11.5 Å². The summed E-state index contributed by atoms with van der Waals surface area (Å²) in [5, 5.41) is 0. The predicted molar refractivity (Wildman–Crippen MR) is 72.6 cm³/mol. The molecule has 0 radical (unpaired) electrons. The number of rotatable bonds is 4. The van der Waals surface area contributed by atoms with Gasteiger partial charge >= 0.3 is 0 Å². The highest BCUT2D eigenvalue weighted by atomic mass is 19.1. The minimum absolute atomic E-state index is 0.0240. The van der Waals surface area contributed by atoms with Gasteiger partial charge in [0.25, 0.3) is 5.91 Å². The number of nitrogens with zero attached hydrogens (tertiary/aromatic N) is 2. The molecular formula is C15H17FN2O2. The first kappa shape index (κ1) is 14.2. The van der Waals surface area contributed by atoms with E-state index in [9.17, 15) is 9.18 Å². The molecule has 0 bridgehead atoms. The SMILES string of the molecule is Cc1ccc(CN(C(=O)c2ccnc(F)c2)C(C)C)o1. The summed E-state index contributed by atoms with van der Waals surface area (Å²) in [5.41, 5.74) is 0.287. The van der Waals surface area contributed by atoms with E-state index >= 15 is 0 Å². The van der Waals surface area contributed by atoms with Crippen molar-refractivity contribution in [1.82, 2.24) is 9.88 Å². The monoisotopic (exact) mass is 276 g/mol. The van der Waals surface area contributed by atoms with Crippen molar-refractivity contribution in [2.45, 2.75) is 33.4 Å². The fourth-order valence-corrected chi connectivity index (χ4v) is 1.93. The third-order valence-electron chi connectivity index (χ3n) is 2.98. The maximum atomic E-state index is 13.1. The van der Waals surface area contributed by atoms with E-state index in [2.05, 4.69) is 4.98 Å². The molecule has 0 saturated heterocycles. The molecule has 0 fully saturated rings. The molecule has 5 heteroatoms. The summed E-state index contributed by atoms with van der Waals surface area (Å²) in [4.78, 5) is 17.5. The van der Waals surface area contributed by atoms with Crippen LogP contribution in [0, 0.1) is 12.9 Å². The smallest absolute Gasteiger partial charge is 0.254 e. The Morgan fingerprint density at radius 2 is 2.15 bits per heavy atom. The van der Waals surface area contributed by atoms with Gasteiger partial charge in [0, 0.05) is 23.9 Å². The van der Waals surface area contributed by atoms with Crippen molar-refractivity contribution in [3.8, 4) is 0 Å². The highest BCUT2D eigenvalue weighted by Crippen LogP contribution is 2.15. The van der Waals surface area contributed by atoms with Gasteiger partial charge in [-0.25, -0.2) is 4.98 Å². The average molecular weight is 276 g/mol. The number of aryl methyl sites for hydroxylation is 1. The van der Waals surface area contributed by atoms with Crippen molar-refractivity contribution in [3.05, 3.63) is 53.5 Å². The Morgan fingerprint density at radius 3 is 2.70 bits per heavy atom. The number of aromatic nitrogens is 1. The van der Waals surface area contributed by atoms with Crippen molar-refractivity contribution in [2.24, 2.45) is 0 Å². The Kier molecular flexibility index (Phi) is 4.17. The van der Waals surface area contributed by atoms with Crippen LogP contribution in [0.25, 0.3) is 0 Å². The number of halogens is 1. The molecule has 4 nitrogen and oxygen atoms in total. The quantitative estimate of drug-likeness (QED) is 0.806. The Bertz CT molecular complexity index is 607. The second-order valence-corrected chi connectivity index (χ2v) is 4.91. The summed E-state index contributed by atoms with van der Waals surface area (Å²) in [6.07, 6.45) is 1.29. The summed E-state index contributed by atoms with van der Waals surface area (Å²) in [5.74, 6) is 0.606. The molecular weight excluding hydrogens is 259 g/mol. The van der Waals surface area contributed by atoms with Crippen LogP contribution in [-0.2, 0) is 6.54 Å². The molecule has 0 aliphatic heterocycles. The molecule has 1 amide bonds. The first-order valence-electron chi connectivity index (χ1n) is 6.45. The molecule has 2 heterocycles. The molecule has 0 N–H and O–H groups in total. The largest absolute Gasteiger partial charge is 0.464 e. The summed E-state index contributed by atoms with van der Waals surface area (Å²) in [6, 6.07) is 6.32. The lowest BCUT2D eigenvalue weighted by atomic mass is 10.2.